The molecule has 60 valence electrons. The highest BCUT2D eigenvalue weighted by molar-refractivity contribution is 6.30. The minimum Gasteiger partial charge on any atom is -0.382 e. The highest BCUT2D eigenvalue weighted by Gasteiger charge is 2.01. The zero-order chi connectivity index (χ0) is 8.27. The van der Waals surface area contributed by atoms with Crippen molar-refractivity contribution in [2.45, 2.75) is 19.8 Å². The predicted octanol–water partition coefficient (Wildman–Crippen LogP) is 1.66. The van der Waals surface area contributed by atoms with Crippen LogP contribution < -0.4 is 5.73 Å². The van der Waals surface area contributed by atoms with E-state index in [0.717, 1.165) is 18.4 Å². The molecule has 0 unspecified atom stereocenters. The minimum atomic E-state index is 0.429. The molecule has 0 radical (unpaired) electrons. The van der Waals surface area contributed by atoms with Crippen molar-refractivity contribution in [2.24, 2.45) is 0 Å². The van der Waals surface area contributed by atoms with Gasteiger partial charge in [-0.1, -0.05) is 24.9 Å². The van der Waals surface area contributed by atoms with Crippen molar-refractivity contribution in [2.75, 3.05) is 5.73 Å². The molecule has 0 amide bonds. The summed E-state index contributed by atoms with van der Waals surface area (Å²) >= 11 is 5.75. The van der Waals surface area contributed by atoms with Crippen LogP contribution in [0.25, 0.3) is 0 Å². The van der Waals surface area contributed by atoms with Crippen LogP contribution in [0.15, 0.2) is 6.07 Å². The van der Waals surface area contributed by atoms with E-state index in [-0.39, 0.29) is 0 Å². The summed E-state index contributed by atoms with van der Waals surface area (Å²) in [5.41, 5.74) is 6.40. The topological polar surface area (TPSA) is 51.8 Å². The summed E-state index contributed by atoms with van der Waals surface area (Å²) in [6.07, 6.45) is 1.93. The lowest BCUT2D eigenvalue weighted by Gasteiger charge is -2.00. The summed E-state index contributed by atoms with van der Waals surface area (Å²) < 4.78 is 0. The highest BCUT2D eigenvalue weighted by Crippen LogP contribution is 2.14. The Hall–Kier alpha value is -0.830. The Labute approximate surface area is 70.6 Å². The Bertz CT molecular complexity index is 249. The first-order valence-corrected chi connectivity index (χ1v) is 3.89. The smallest absolute Gasteiger partial charge is 0.155 e. The average Bonchev–Trinajstić information content (AvgIpc) is 1.98. The Morgan fingerprint density at radius 2 is 2.27 bits per heavy atom. The van der Waals surface area contributed by atoms with E-state index in [0.29, 0.717) is 11.0 Å². The predicted molar refractivity (Wildman–Crippen MR) is 45.4 cm³/mol. The van der Waals surface area contributed by atoms with Crippen molar-refractivity contribution in [3.8, 4) is 0 Å². The van der Waals surface area contributed by atoms with E-state index in [4.69, 9.17) is 17.3 Å². The Morgan fingerprint density at radius 3 is 2.91 bits per heavy atom. The van der Waals surface area contributed by atoms with Crippen molar-refractivity contribution < 1.29 is 0 Å². The van der Waals surface area contributed by atoms with Crippen LogP contribution in [0.4, 0.5) is 5.82 Å². The van der Waals surface area contributed by atoms with Crippen molar-refractivity contribution in [1.29, 1.82) is 0 Å². The molecule has 11 heavy (non-hydrogen) atoms. The van der Waals surface area contributed by atoms with Crippen LogP contribution in [0.2, 0.25) is 5.15 Å². The molecule has 0 saturated carbocycles. The third-order valence-corrected chi connectivity index (χ3v) is 1.68. The number of aryl methyl sites for hydroxylation is 1. The Morgan fingerprint density at radius 1 is 1.55 bits per heavy atom. The van der Waals surface area contributed by atoms with Gasteiger partial charge in [0, 0.05) is 0 Å². The normalized spacial score (nSPS) is 10.0. The molecule has 1 rings (SSSR count). The van der Waals surface area contributed by atoms with Gasteiger partial charge in [0.05, 0.1) is 0 Å². The van der Waals surface area contributed by atoms with E-state index in [2.05, 4.69) is 17.1 Å². The number of nitrogens with two attached hydrogens (primary N) is 1. The lowest BCUT2D eigenvalue weighted by atomic mass is 10.2. The maximum absolute atomic E-state index is 5.75. The molecule has 0 spiro atoms. The molecule has 0 aliphatic heterocycles. The molecule has 0 fully saturated rings. The van der Waals surface area contributed by atoms with E-state index in [1.807, 2.05) is 0 Å². The standard InChI is InChI=1S/C7H10ClN3/c1-2-3-5-4-6(9)10-11-7(5)8/h4H,2-3H2,1H3,(H2,9,10). The summed E-state index contributed by atoms with van der Waals surface area (Å²) in [5, 5.41) is 7.76. The molecular formula is C7H10ClN3. The largest absolute Gasteiger partial charge is 0.382 e. The van der Waals surface area contributed by atoms with E-state index in [1.165, 1.54) is 0 Å². The number of hydrogen-bond acceptors (Lipinski definition) is 3. The van der Waals surface area contributed by atoms with E-state index < -0.39 is 0 Å². The zero-order valence-corrected chi connectivity index (χ0v) is 7.10. The maximum atomic E-state index is 5.75. The van der Waals surface area contributed by atoms with Gasteiger partial charge in [-0.25, -0.2) is 0 Å². The molecule has 0 aliphatic carbocycles. The van der Waals surface area contributed by atoms with Gasteiger partial charge in [-0.2, -0.15) is 0 Å². The number of rotatable bonds is 2. The molecule has 1 aromatic rings. The molecule has 0 saturated heterocycles. The SMILES string of the molecule is CCCc1cc(N)nnc1Cl. The second kappa shape index (κ2) is 3.53. The van der Waals surface area contributed by atoms with Crippen molar-refractivity contribution >= 4 is 17.4 Å². The Kier molecular flexibility index (Phi) is 2.65. The monoisotopic (exact) mass is 171 g/mol. The van der Waals surface area contributed by atoms with Crippen molar-refractivity contribution in [3.05, 3.63) is 16.8 Å². The average molecular weight is 172 g/mol. The fourth-order valence-corrected chi connectivity index (χ4v) is 1.06. The summed E-state index contributed by atoms with van der Waals surface area (Å²) in [4.78, 5) is 0. The van der Waals surface area contributed by atoms with Gasteiger partial charge in [0.2, 0.25) is 0 Å². The highest BCUT2D eigenvalue weighted by atomic mass is 35.5. The van der Waals surface area contributed by atoms with Crippen LogP contribution in [-0.2, 0) is 6.42 Å². The first-order chi connectivity index (χ1) is 5.24. The van der Waals surface area contributed by atoms with Gasteiger partial charge >= 0.3 is 0 Å². The van der Waals surface area contributed by atoms with Crippen LogP contribution in [0.5, 0.6) is 0 Å². The summed E-state index contributed by atoms with van der Waals surface area (Å²) in [6.45, 7) is 2.08. The number of nitrogens with zero attached hydrogens (tertiary/aromatic N) is 2. The molecular weight excluding hydrogens is 162 g/mol. The Balaban J connectivity index is 2.93. The van der Waals surface area contributed by atoms with Gasteiger partial charge < -0.3 is 5.73 Å². The summed E-state index contributed by atoms with van der Waals surface area (Å²) in [5.74, 6) is 0.429. The molecule has 0 aromatic carbocycles. The van der Waals surface area contributed by atoms with E-state index >= 15 is 0 Å². The summed E-state index contributed by atoms with van der Waals surface area (Å²) in [6, 6.07) is 1.76. The zero-order valence-electron chi connectivity index (χ0n) is 6.34. The summed E-state index contributed by atoms with van der Waals surface area (Å²) in [7, 11) is 0. The molecule has 3 nitrogen and oxygen atoms in total. The van der Waals surface area contributed by atoms with E-state index in [9.17, 15) is 0 Å². The van der Waals surface area contributed by atoms with Gasteiger partial charge in [0.1, 0.15) is 5.82 Å². The van der Waals surface area contributed by atoms with Crippen LogP contribution >= 0.6 is 11.6 Å². The van der Waals surface area contributed by atoms with Gasteiger partial charge in [0.15, 0.2) is 5.15 Å². The quantitative estimate of drug-likeness (QED) is 0.737. The fraction of sp³-hybridized carbons (Fsp3) is 0.429. The molecule has 4 heteroatoms. The molecule has 1 aromatic heterocycles. The number of hydrogen-bond donors (Lipinski definition) is 1. The first-order valence-electron chi connectivity index (χ1n) is 3.51. The maximum Gasteiger partial charge on any atom is 0.155 e. The first kappa shape index (κ1) is 8.27. The minimum absolute atomic E-state index is 0.429. The van der Waals surface area contributed by atoms with Crippen LogP contribution in [0.1, 0.15) is 18.9 Å². The van der Waals surface area contributed by atoms with Gasteiger partial charge in [-0.3, -0.25) is 0 Å². The van der Waals surface area contributed by atoms with Crippen molar-refractivity contribution in [3.63, 3.8) is 0 Å². The second-order valence-electron chi connectivity index (χ2n) is 2.34. The molecule has 2 N–H and O–H groups in total. The number of nitrogen functional groups attached to an aromatic ring is 1. The number of halogens is 1. The third-order valence-electron chi connectivity index (χ3n) is 1.36. The van der Waals surface area contributed by atoms with E-state index in [1.54, 1.807) is 6.07 Å². The van der Waals surface area contributed by atoms with Gasteiger partial charge in [0.25, 0.3) is 0 Å². The van der Waals surface area contributed by atoms with Crippen LogP contribution in [0.3, 0.4) is 0 Å². The molecule has 0 aliphatic rings. The number of anilines is 1. The van der Waals surface area contributed by atoms with Gasteiger partial charge in [-0.15, -0.1) is 10.2 Å². The fourth-order valence-electron chi connectivity index (χ4n) is 0.877. The molecule has 0 atom stereocenters. The van der Waals surface area contributed by atoms with Crippen LogP contribution in [-0.4, -0.2) is 10.2 Å². The lowest BCUT2D eigenvalue weighted by molar-refractivity contribution is 0.896. The van der Waals surface area contributed by atoms with Crippen molar-refractivity contribution in [1.82, 2.24) is 10.2 Å². The second-order valence-corrected chi connectivity index (χ2v) is 2.69. The van der Waals surface area contributed by atoms with Crippen LogP contribution in [0, 0.1) is 0 Å². The molecule has 0 bridgehead atoms. The van der Waals surface area contributed by atoms with Gasteiger partial charge in [-0.05, 0) is 18.1 Å². The third kappa shape index (κ3) is 2.05. The number of aromatic nitrogens is 2. The molecule has 1 heterocycles. The lowest BCUT2D eigenvalue weighted by Crippen LogP contribution is -1.97.